The minimum absolute atomic E-state index is 0.354. The summed E-state index contributed by atoms with van der Waals surface area (Å²) in [7, 11) is 0. The predicted molar refractivity (Wildman–Crippen MR) is 78.3 cm³/mol. The zero-order valence-corrected chi connectivity index (χ0v) is 11.0. The van der Waals surface area contributed by atoms with Crippen molar-refractivity contribution in [2.75, 3.05) is 5.73 Å². The number of ether oxygens (including phenoxy) is 1. The second kappa shape index (κ2) is 5.25. The van der Waals surface area contributed by atoms with Crippen LogP contribution in [-0.4, -0.2) is 4.99 Å². The molecule has 92 valence electrons. The second-order valence-electron chi connectivity index (χ2n) is 3.68. The van der Waals surface area contributed by atoms with Crippen molar-refractivity contribution in [2.24, 2.45) is 5.73 Å². The van der Waals surface area contributed by atoms with Gasteiger partial charge in [0.1, 0.15) is 16.5 Å². The first-order valence-corrected chi connectivity index (χ1v) is 5.97. The molecule has 0 atom stereocenters. The van der Waals surface area contributed by atoms with E-state index in [0.717, 1.165) is 5.56 Å². The molecule has 0 radical (unpaired) electrons. The number of hydrogen-bond donors (Lipinski definition) is 2. The van der Waals surface area contributed by atoms with Gasteiger partial charge in [-0.3, -0.25) is 0 Å². The molecule has 5 heteroatoms. The summed E-state index contributed by atoms with van der Waals surface area (Å²) in [6.07, 6.45) is 0. The average molecular weight is 279 g/mol. The minimum Gasteiger partial charge on any atom is -0.456 e. The molecule has 0 bridgehead atoms. The lowest BCUT2D eigenvalue weighted by Gasteiger charge is -2.08. The maximum atomic E-state index is 6.02. The number of thiocarbonyl (C=S) groups is 1. The van der Waals surface area contributed by atoms with Gasteiger partial charge in [-0.25, -0.2) is 0 Å². The molecule has 0 aliphatic rings. The third-order valence-electron chi connectivity index (χ3n) is 2.32. The predicted octanol–water partition coefficient (Wildman–Crippen LogP) is 3.35. The Morgan fingerprint density at radius 3 is 2.33 bits per heavy atom. The highest BCUT2D eigenvalue weighted by molar-refractivity contribution is 7.80. The lowest BCUT2D eigenvalue weighted by Crippen LogP contribution is -2.08. The number of halogens is 1. The molecule has 0 heterocycles. The summed E-state index contributed by atoms with van der Waals surface area (Å²) in [6, 6.07) is 12.2. The molecule has 2 rings (SSSR count). The summed E-state index contributed by atoms with van der Waals surface area (Å²) in [4.78, 5) is 0.354. The van der Waals surface area contributed by atoms with Gasteiger partial charge >= 0.3 is 0 Å². The normalized spacial score (nSPS) is 10.1. The summed E-state index contributed by atoms with van der Waals surface area (Å²) < 4.78 is 5.63. The van der Waals surface area contributed by atoms with Crippen molar-refractivity contribution < 1.29 is 4.74 Å². The maximum absolute atomic E-state index is 6.02. The molecule has 0 aliphatic carbocycles. The fourth-order valence-electron chi connectivity index (χ4n) is 1.41. The molecule has 0 saturated carbocycles. The van der Waals surface area contributed by atoms with Crippen molar-refractivity contribution in [1.82, 2.24) is 0 Å². The largest absolute Gasteiger partial charge is 0.456 e. The van der Waals surface area contributed by atoms with Crippen molar-refractivity contribution in [2.45, 2.75) is 0 Å². The number of anilines is 1. The minimum atomic E-state index is 0.354. The van der Waals surface area contributed by atoms with E-state index in [1.54, 1.807) is 42.5 Å². The van der Waals surface area contributed by atoms with Gasteiger partial charge in [-0.1, -0.05) is 23.8 Å². The van der Waals surface area contributed by atoms with E-state index in [1.165, 1.54) is 0 Å². The zero-order valence-electron chi connectivity index (χ0n) is 9.39. The Hall–Kier alpha value is -1.78. The molecule has 0 saturated heterocycles. The molecule has 18 heavy (non-hydrogen) atoms. The Bertz CT molecular complexity index is 584. The Kier molecular flexibility index (Phi) is 3.69. The Morgan fingerprint density at radius 2 is 1.78 bits per heavy atom. The fourth-order valence-corrected chi connectivity index (χ4v) is 1.78. The smallest absolute Gasteiger partial charge is 0.146 e. The van der Waals surface area contributed by atoms with Gasteiger partial charge in [-0.2, -0.15) is 0 Å². The van der Waals surface area contributed by atoms with Crippen LogP contribution in [0.4, 0.5) is 5.69 Å². The molecule has 0 unspecified atom stereocenters. The lowest BCUT2D eigenvalue weighted by molar-refractivity contribution is 0.483. The van der Waals surface area contributed by atoms with Crippen molar-refractivity contribution in [3.8, 4) is 11.5 Å². The standard InChI is InChI=1S/C13H11ClN2OS/c14-11-7-9(15)3-6-12(11)17-10-4-1-8(2-5-10)13(16)18/h1-7H,15H2,(H2,16,18). The number of nitrogen functional groups attached to an aromatic ring is 1. The van der Waals surface area contributed by atoms with Crippen LogP contribution in [0.2, 0.25) is 5.02 Å². The van der Waals surface area contributed by atoms with Crippen LogP contribution in [-0.2, 0) is 0 Å². The van der Waals surface area contributed by atoms with E-state index >= 15 is 0 Å². The quantitative estimate of drug-likeness (QED) is 0.668. The van der Waals surface area contributed by atoms with Crippen LogP contribution in [0, 0.1) is 0 Å². The molecule has 0 amide bonds. The van der Waals surface area contributed by atoms with E-state index in [1.807, 2.05) is 0 Å². The SMILES string of the molecule is NC(=S)c1ccc(Oc2ccc(N)cc2Cl)cc1. The van der Waals surface area contributed by atoms with Gasteiger partial charge < -0.3 is 16.2 Å². The molecule has 0 fully saturated rings. The molecular weight excluding hydrogens is 268 g/mol. The average Bonchev–Trinajstić information content (AvgIpc) is 2.33. The van der Waals surface area contributed by atoms with E-state index in [-0.39, 0.29) is 0 Å². The van der Waals surface area contributed by atoms with E-state index in [4.69, 9.17) is 40.0 Å². The third kappa shape index (κ3) is 2.91. The molecule has 0 spiro atoms. The van der Waals surface area contributed by atoms with Gasteiger partial charge in [-0.15, -0.1) is 0 Å². The number of hydrogen-bond acceptors (Lipinski definition) is 3. The van der Waals surface area contributed by atoms with Crippen LogP contribution in [0.15, 0.2) is 42.5 Å². The maximum Gasteiger partial charge on any atom is 0.146 e. The van der Waals surface area contributed by atoms with E-state index in [0.29, 0.717) is 27.2 Å². The number of benzene rings is 2. The van der Waals surface area contributed by atoms with E-state index in [2.05, 4.69) is 0 Å². The summed E-state index contributed by atoms with van der Waals surface area (Å²) in [5, 5.41) is 0.466. The van der Waals surface area contributed by atoms with Gasteiger partial charge in [0.25, 0.3) is 0 Å². The van der Waals surface area contributed by atoms with Crippen LogP contribution in [0.1, 0.15) is 5.56 Å². The van der Waals surface area contributed by atoms with Crippen LogP contribution in [0.5, 0.6) is 11.5 Å². The van der Waals surface area contributed by atoms with Crippen molar-refractivity contribution in [3.05, 3.63) is 53.1 Å². The highest BCUT2D eigenvalue weighted by atomic mass is 35.5. The topological polar surface area (TPSA) is 61.3 Å². The van der Waals surface area contributed by atoms with Crippen molar-refractivity contribution in [3.63, 3.8) is 0 Å². The van der Waals surface area contributed by atoms with Crippen LogP contribution >= 0.6 is 23.8 Å². The van der Waals surface area contributed by atoms with Gasteiger partial charge in [0.05, 0.1) is 5.02 Å². The Balaban J connectivity index is 2.21. The number of nitrogens with two attached hydrogens (primary N) is 2. The van der Waals surface area contributed by atoms with Gasteiger partial charge in [0.15, 0.2) is 0 Å². The Labute approximate surface area is 115 Å². The highest BCUT2D eigenvalue weighted by Gasteiger charge is 2.04. The van der Waals surface area contributed by atoms with E-state index < -0.39 is 0 Å². The Morgan fingerprint density at radius 1 is 1.11 bits per heavy atom. The first kappa shape index (κ1) is 12.7. The third-order valence-corrected chi connectivity index (χ3v) is 2.85. The summed E-state index contributed by atoms with van der Waals surface area (Å²) in [5.41, 5.74) is 12.5. The van der Waals surface area contributed by atoms with Crippen LogP contribution in [0.3, 0.4) is 0 Å². The van der Waals surface area contributed by atoms with Crippen LogP contribution < -0.4 is 16.2 Å². The molecule has 0 aliphatic heterocycles. The first-order chi connectivity index (χ1) is 8.56. The molecule has 3 nitrogen and oxygen atoms in total. The lowest BCUT2D eigenvalue weighted by atomic mass is 10.2. The summed E-state index contributed by atoms with van der Waals surface area (Å²) in [6.45, 7) is 0. The van der Waals surface area contributed by atoms with Crippen molar-refractivity contribution >= 4 is 34.5 Å². The van der Waals surface area contributed by atoms with Gasteiger partial charge in [-0.05, 0) is 42.5 Å². The van der Waals surface area contributed by atoms with Crippen molar-refractivity contribution in [1.29, 1.82) is 0 Å². The zero-order chi connectivity index (χ0) is 13.1. The fraction of sp³-hybridized carbons (Fsp3) is 0. The molecule has 0 aromatic heterocycles. The van der Waals surface area contributed by atoms with Crippen LogP contribution in [0.25, 0.3) is 0 Å². The second-order valence-corrected chi connectivity index (χ2v) is 4.53. The molecule has 4 N–H and O–H groups in total. The highest BCUT2D eigenvalue weighted by Crippen LogP contribution is 2.30. The molecule has 2 aromatic carbocycles. The van der Waals surface area contributed by atoms with Gasteiger partial charge in [0.2, 0.25) is 0 Å². The number of rotatable bonds is 3. The molecule has 2 aromatic rings. The molecular formula is C13H11ClN2OS. The monoisotopic (exact) mass is 278 g/mol. The van der Waals surface area contributed by atoms with Gasteiger partial charge in [0, 0.05) is 11.3 Å². The summed E-state index contributed by atoms with van der Waals surface area (Å²) in [5.74, 6) is 1.20. The first-order valence-electron chi connectivity index (χ1n) is 5.19. The van der Waals surface area contributed by atoms with E-state index in [9.17, 15) is 0 Å². The summed E-state index contributed by atoms with van der Waals surface area (Å²) >= 11 is 10.9.